The molecule has 1 aromatic carbocycles. The van der Waals surface area contributed by atoms with Gasteiger partial charge in [0.15, 0.2) is 0 Å². The van der Waals surface area contributed by atoms with Gasteiger partial charge in [-0.25, -0.2) is 5.48 Å². The third-order valence-corrected chi connectivity index (χ3v) is 3.03. The molecule has 1 fully saturated rings. The highest BCUT2D eigenvalue weighted by atomic mass is 16.6. The Bertz CT molecular complexity index is 485. The molecule has 1 saturated heterocycles. The average Bonchev–Trinajstić information content (AvgIpc) is 2.88. The Labute approximate surface area is 118 Å². The molecule has 1 aromatic rings. The van der Waals surface area contributed by atoms with Gasteiger partial charge in [0.1, 0.15) is 0 Å². The van der Waals surface area contributed by atoms with Crippen LogP contribution in [0.25, 0.3) is 6.08 Å². The van der Waals surface area contributed by atoms with Crippen molar-refractivity contribution in [3.63, 3.8) is 0 Å². The van der Waals surface area contributed by atoms with E-state index in [0.29, 0.717) is 19.6 Å². The quantitative estimate of drug-likeness (QED) is 0.484. The number of benzene rings is 1. The number of carbonyl (C=O) groups excluding carboxylic acids is 2. The van der Waals surface area contributed by atoms with Crippen molar-refractivity contribution in [2.45, 2.75) is 12.8 Å². The summed E-state index contributed by atoms with van der Waals surface area (Å²) in [5.74, 6) is -0.162. The Balaban J connectivity index is 1.63. The van der Waals surface area contributed by atoms with Gasteiger partial charge in [0.05, 0.1) is 6.61 Å². The highest BCUT2D eigenvalue weighted by molar-refractivity contribution is 5.90. The number of amides is 2. The van der Waals surface area contributed by atoms with Gasteiger partial charge in [-0.15, -0.1) is 0 Å². The number of rotatable bonds is 6. The monoisotopic (exact) mass is 274 g/mol. The van der Waals surface area contributed by atoms with Crippen LogP contribution < -0.4 is 5.48 Å². The van der Waals surface area contributed by atoms with E-state index in [9.17, 15) is 9.59 Å². The van der Waals surface area contributed by atoms with E-state index in [-0.39, 0.29) is 11.8 Å². The predicted octanol–water partition coefficient (Wildman–Crippen LogP) is 1.37. The standard InChI is InChI=1S/C15H18N2O3/c18-14(9-8-13-5-2-1-3-6-13)16-20-12-11-17-10-4-7-15(17)19/h1-3,5-6,8-9H,4,7,10-12H2,(H,16,18). The lowest BCUT2D eigenvalue weighted by molar-refractivity contribution is -0.131. The van der Waals surface area contributed by atoms with E-state index in [1.54, 1.807) is 11.0 Å². The van der Waals surface area contributed by atoms with Gasteiger partial charge in [-0.2, -0.15) is 0 Å². The van der Waals surface area contributed by atoms with E-state index < -0.39 is 0 Å². The molecule has 0 atom stereocenters. The molecule has 0 saturated carbocycles. The van der Waals surface area contributed by atoms with Crippen molar-refractivity contribution < 1.29 is 14.4 Å². The van der Waals surface area contributed by atoms with Crippen LogP contribution in [0.2, 0.25) is 0 Å². The van der Waals surface area contributed by atoms with Crippen molar-refractivity contribution in [1.82, 2.24) is 10.4 Å². The lowest BCUT2D eigenvalue weighted by atomic mass is 10.2. The molecule has 106 valence electrons. The molecule has 5 nitrogen and oxygen atoms in total. The van der Waals surface area contributed by atoms with E-state index in [1.165, 1.54) is 6.08 Å². The van der Waals surface area contributed by atoms with Crippen LogP contribution in [0.15, 0.2) is 36.4 Å². The molecule has 1 aliphatic heterocycles. The minimum absolute atomic E-state index is 0.156. The first-order valence-electron chi connectivity index (χ1n) is 6.68. The molecular formula is C15H18N2O3. The largest absolute Gasteiger partial charge is 0.340 e. The summed E-state index contributed by atoms with van der Waals surface area (Å²) in [4.78, 5) is 29.6. The second kappa shape index (κ2) is 7.45. The lowest BCUT2D eigenvalue weighted by Gasteiger charge is -2.14. The summed E-state index contributed by atoms with van der Waals surface area (Å²) in [5.41, 5.74) is 3.28. The first kappa shape index (κ1) is 14.3. The Morgan fingerprint density at radius 2 is 2.15 bits per heavy atom. The van der Waals surface area contributed by atoms with Crippen molar-refractivity contribution in [2.75, 3.05) is 19.7 Å². The van der Waals surface area contributed by atoms with Crippen LogP contribution in [0.5, 0.6) is 0 Å². The van der Waals surface area contributed by atoms with Crippen LogP contribution in [-0.4, -0.2) is 36.4 Å². The number of hydroxylamine groups is 1. The van der Waals surface area contributed by atoms with Crippen molar-refractivity contribution >= 4 is 17.9 Å². The van der Waals surface area contributed by atoms with Gasteiger partial charge in [-0.3, -0.25) is 14.4 Å². The fourth-order valence-corrected chi connectivity index (χ4v) is 1.99. The van der Waals surface area contributed by atoms with Gasteiger partial charge < -0.3 is 4.90 Å². The zero-order chi connectivity index (χ0) is 14.2. The van der Waals surface area contributed by atoms with Crippen molar-refractivity contribution in [1.29, 1.82) is 0 Å². The molecule has 20 heavy (non-hydrogen) atoms. The average molecular weight is 274 g/mol. The first-order chi connectivity index (χ1) is 9.75. The maximum atomic E-state index is 11.5. The van der Waals surface area contributed by atoms with Crippen LogP contribution in [-0.2, 0) is 14.4 Å². The number of hydrogen-bond acceptors (Lipinski definition) is 3. The molecule has 1 N–H and O–H groups in total. The summed E-state index contributed by atoms with van der Waals surface area (Å²) in [7, 11) is 0. The second-order valence-corrected chi connectivity index (χ2v) is 4.54. The zero-order valence-electron chi connectivity index (χ0n) is 11.2. The molecular weight excluding hydrogens is 256 g/mol. The second-order valence-electron chi connectivity index (χ2n) is 4.54. The van der Waals surface area contributed by atoms with E-state index in [0.717, 1.165) is 18.5 Å². The minimum atomic E-state index is -0.318. The normalized spacial score (nSPS) is 15.0. The number of nitrogens with one attached hydrogen (secondary N) is 1. The van der Waals surface area contributed by atoms with Crippen LogP contribution in [0, 0.1) is 0 Å². The topological polar surface area (TPSA) is 58.6 Å². The highest BCUT2D eigenvalue weighted by Crippen LogP contribution is 2.08. The molecule has 5 heteroatoms. The zero-order valence-corrected chi connectivity index (χ0v) is 11.2. The van der Waals surface area contributed by atoms with Crippen molar-refractivity contribution in [3.05, 3.63) is 42.0 Å². The van der Waals surface area contributed by atoms with Crippen LogP contribution in [0.3, 0.4) is 0 Å². The molecule has 1 aliphatic rings. The van der Waals surface area contributed by atoms with Crippen LogP contribution >= 0.6 is 0 Å². The molecule has 2 rings (SSSR count). The summed E-state index contributed by atoms with van der Waals surface area (Å²) in [6, 6.07) is 9.54. The van der Waals surface area contributed by atoms with Gasteiger partial charge in [-0.05, 0) is 18.1 Å². The number of carbonyl (C=O) groups is 2. The Hall–Kier alpha value is -2.14. The lowest BCUT2D eigenvalue weighted by Crippen LogP contribution is -2.31. The van der Waals surface area contributed by atoms with Crippen LogP contribution in [0.1, 0.15) is 18.4 Å². The molecule has 0 radical (unpaired) electrons. The van der Waals surface area contributed by atoms with E-state index >= 15 is 0 Å². The third-order valence-electron chi connectivity index (χ3n) is 3.03. The number of hydrogen-bond donors (Lipinski definition) is 1. The Morgan fingerprint density at radius 1 is 1.35 bits per heavy atom. The highest BCUT2D eigenvalue weighted by Gasteiger charge is 2.19. The van der Waals surface area contributed by atoms with Gasteiger partial charge in [0.25, 0.3) is 5.91 Å². The molecule has 0 bridgehead atoms. The number of nitrogens with zero attached hydrogens (tertiary/aromatic N) is 1. The summed E-state index contributed by atoms with van der Waals surface area (Å²) in [5, 5.41) is 0. The minimum Gasteiger partial charge on any atom is -0.340 e. The SMILES string of the molecule is O=C(C=Cc1ccccc1)NOCCN1CCCC1=O. The Morgan fingerprint density at radius 3 is 2.85 bits per heavy atom. The molecule has 2 amide bonds. The van der Waals surface area contributed by atoms with E-state index in [4.69, 9.17) is 4.84 Å². The number of likely N-dealkylation sites (tertiary alicyclic amines) is 1. The molecule has 0 unspecified atom stereocenters. The first-order valence-corrected chi connectivity index (χ1v) is 6.68. The van der Waals surface area contributed by atoms with Gasteiger partial charge in [-0.1, -0.05) is 30.3 Å². The maximum Gasteiger partial charge on any atom is 0.267 e. The van der Waals surface area contributed by atoms with Crippen molar-refractivity contribution in [3.8, 4) is 0 Å². The smallest absolute Gasteiger partial charge is 0.267 e. The molecule has 0 spiro atoms. The third kappa shape index (κ3) is 4.51. The summed E-state index contributed by atoms with van der Waals surface area (Å²) in [6.45, 7) is 1.60. The van der Waals surface area contributed by atoms with Gasteiger partial charge >= 0.3 is 0 Å². The molecule has 1 heterocycles. The fraction of sp³-hybridized carbons (Fsp3) is 0.333. The summed E-state index contributed by atoms with van der Waals surface area (Å²) < 4.78 is 0. The van der Waals surface area contributed by atoms with E-state index in [2.05, 4.69) is 5.48 Å². The van der Waals surface area contributed by atoms with Gasteiger partial charge in [0.2, 0.25) is 5.91 Å². The fourth-order valence-electron chi connectivity index (χ4n) is 1.99. The Kier molecular flexibility index (Phi) is 5.32. The molecule has 0 aromatic heterocycles. The van der Waals surface area contributed by atoms with Crippen LogP contribution in [0.4, 0.5) is 0 Å². The summed E-state index contributed by atoms with van der Waals surface area (Å²) >= 11 is 0. The maximum absolute atomic E-state index is 11.5. The van der Waals surface area contributed by atoms with Gasteiger partial charge in [0, 0.05) is 25.6 Å². The predicted molar refractivity (Wildman–Crippen MR) is 75.4 cm³/mol. The van der Waals surface area contributed by atoms with Crippen molar-refractivity contribution in [2.24, 2.45) is 0 Å². The van der Waals surface area contributed by atoms with E-state index in [1.807, 2.05) is 30.3 Å². The molecule has 0 aliphatic carbocycles. The summed E-state index contributed by atoms with van der Waals surface area (Å²) in [6.07, 6.45) is 4.65.